The lowest BCUT2D eigenvalue weighted by Gasteiger charge is -2.37. The van der Waals surface area contributed by atoms with Crippen molar-refractivity contribution in [1.29, 1.82) is 0 Å². The van der Waals surface area contributed by atoms with Crippen molar-refractivity contribution in [3.8, 4) is 0 Å². The van der Waals surface area contributed by atoms with Gasteiger partial charge in [-0.3, -0.25) is 4.79 Å². The average Bonchev–Trinajstić information content (AvgIpc) is 2.39. The SMILES string of the molecule is CCC(COC)NC(=O)C(C)(C)C1CCCNC1. The van der Waals surface area contributed by atoms with Crippen LogP contribution in [-0.4, -0.2) is 38.8 Å². The quantitative estimate of drug-likeness (QED) is 0.758. The van der Waals surface area contributed by atoms with Gasteiger partial charge in [0, 0.05) is 12.5 Å². The van der Waals surface area contributed by atoms with Gasteiger partial charge in [0.15, 0.2) is 0 Å². The van der Waals surface area contributed by atoms with Gasteiger partial charge >= 0.3 is 0 Å². The summed E-state index contributed by atoms with van der Waals surface area (Å²) in [6.45, 7) is 8.79. The molecule has 2 atom stereocenters. The Morgan fingerprint density at radius 2 is 2.28 bits per heavy atom. The van der Waals surface area contributed by atoms with Gasteiger partial charge in [-0.05, 0) is 38.3 Å². The van der Waals surface area contributed by atoms with Crippen molar-refractivity contribution in [2.45, 2.75) is 46.1 Å². The lowest BCUT2D eigenvalue weighted by atomic mass is 9.74. The maximum atomic E-state index is 12.4. The smallest absolute Gasteiger partial charge is 0.226 e. The molecule has 4 nitrogen and oxygen atoms in total. The van der Waals surface area contributed by atoms with E-state index in [9.17, 15) is 4.79 Å². The highest BCUT2D eigenvalue weighted by molar-refractivity contribution is 5.82. The summed E-state index contributed by atoms with van der Waals surface area (Å²) in [5.41, 5.74) is -0.311. The molecular formula is C14H28N2O2. The van der Waals surface area contributed by atoms with Crippen LogP contribution in [0.5, 0.6) is 0 Å². The Balaban J connectivity index is 2.56. The zero-order valence-electron chi connectivity index (χ0n) is 12.2. The first-order valence-corrected chi connectivity index (χ1v) is 7.03. The van der Waals surface area contributed by atoms with E-state index in [1.165, 1.54) is 0 Å². The number of hydrogen-bond donors (Lipinski definition) is 2. The fraction of sp³-hybridized carbons (Fsp3) is 0.929. The maximum Gasteiger partial charge on any atom is 0.226 e. The molecular weight excluding hydrogens is 228 g/mol. The lowest BCUT2D eigenvalue weighted by molar-refractivity contribution is -0.133. The molecule has 0 spiro atoms. The van der Waals surface area contributed by atoms with Crippen molar-refractivity contribution in [1.82, 2.24) is 10.6 Å². The Morgan fingerprint density at radius 3 is 2.78 bits per heavy atom. The van der Waals surface area contributed by atoms with Crippen LogP contribution in [0.1, 0.15) is 40.0 Å². The summed E-state index contributed by atoms with van der Waals surface area (Å²) in [5.74, 6) is 0.575. The minimum atomic E-state index is -0.311. The molecule has 106 valence electrons. The Bertz CT molecular complexity index is 261. The molecule has 1 rings (SSSR count). The van der Waals surface area contributed by atoms with Crippen molar-refractivity contribution in [3.05, 3.63) is 0 Å². The van der Waals surface area contributed by atoms with Crippen LogP contribution in [0.4, 0.5) is 0 Å². The Morgan fingerprint density at radius 1 is 1.56 bits per heavy atom. The molecule has 1 amide bonds. The van der Waals surface area contributed by atoms with E-state index < -0.39 is 0 Å². The van der Waals surface area contributed by atoms with Crippen LogP contribution < -0.4 is 10.6 Å². The molecule has 2 N–H and O–H groups in total. The molecule has 1 saturated heterocycles. The van der Waals surface area contributed by atoms with E-state index in [0.29, 0.717) is 12.5 Å². The monoisotopic (exact) mass is 256 g/mol. The van der Waals surface area contributed by atoms with Gasteiger partial charge in [-0.25, -0.2) is 0 Å². The third kappa shape index (κ3) is 3.95. The highest BCUT2D eigenvalue weighted by atomic mass is 16.5. The van der Waals surface area contributed by atoms with Gasteiger partial charge in [0.05, 0.1) is 12.6 Å². The van der Waals surface area contributed by atoms with Gasteiger partial charge in [-0.15, -0.1) is 0 Å². The number of methoxy groups -OCH3 is 1. The molecule has 1 heterocycles. The van der Waals surface area contributed by atoms with E-state index in [1.54, 1.807) is 7.11 Å². The Hall–Kier alpha value is -0.610. The van der Waals surface area contributed by atoms with Crippen LogP contribution in [0.25, 0.3) is 0 Å². The summed E-state index contributed by atoms with van der Waals surface area (Å²) in [6, 6.07) is 0.123. The standard InChI is InChI=1S/C14H28N2O2/c1-5-12(10-18-4)16-13(17)14(2,3)11-7-6-8-15-9-11/h11-12,15H,5-10H2,1-4H3,(H,16,17). The third-order valence-electron chi connectivity index (χ3n) is 4.10. The van der Waals surface area contributed by atoms with Crippen LogP contribution in [0.2, 0.25) is 0 Å². The highest BCUT2D eigenvalue weighted by Crippen LogP contribution is 2.32. The molecule has 1 aliphatic rings. The summed E-state index contributed by atoms with van der Waals surface area (Å²) in [4.78, 5) is 12.4. The molecule has 0 saturated carbocycles. The number of carbonyl (C=O) groups is 1. The number of rotatable bonds is 6. The van der Waals surface area contributed by atoms with Crippen LogP contribution in [0.3, 0.4) is 0 Å². The normalized spacial score (nSPS) is 22.6. The number of piperidine rings is 1. The topological polar surface area (TPSA) is 50.4 Å². The van der Waals surface area contributed by atoms with Crippen LogP contribution in [-0.2, 0) is 9.53 Å². The van der Waals surface area contributed by atoms with Crippen molar-refractivity contribution in [2.75, 3.05) is 26.8 Å². The molecule has 1 fully saturated rings. The first-order valence-electron chi connectivity index (χ1n) is 7.03. The second-order valence-corrected chi connectivity index (χ2v) is 5.80. The summed E-state index contributed by atoms with van der Waals surface area (Å²) in [5, 5.41) is 6.50. The predicted molar refractivity (Wildman–Crippen MR) is 73.5 cm³/mol. The van der Waals surface area contributed by atoms with E-state index in [-0.39, 0.29) is 17.4 Å². The van der Waals surface area contributed by atoms with E-state index >= 15 is 0 Å². The van der Waals surface area contributed by atoms with E-state index in [0.717, 1.165) is 32.4 Å². The lowest BCUT2D eigenvalue weighted by Crippen LogP contribution is -2.50. The second kappa shape index (κ2) is 7.10. The first kappa shape index (κ1) is 15.4. The minimum absolute atomic E-state index is 0.123. The summed E-state index contributed by atoms with van der Waals surface area (Å²) in [7, 11) is 1.67. The van der Waals surface area contributed by atoms with Crippen molar-refractivity contribution in [3.63, 3.8) is 0 Å². The van der Waals surface area contributed by atoms with E-state index in [1.807, 2.05) is 0 Å². The number of carbonyl (C=O) groups excluding carboxylic acids is 1. The molecule has 4 heteroatoms. The van der Waals surface area contributed by atoms with Crippen LogP contribution in [0, 0.1) is 11.3 Å². The largest absolute Gasteiger partial charge is 0.383 e. The highest BCUT2D eigenvalue weighted by Gasteiger charge is 2.37. The minimum Gasteiger partial charge on any atom is -0.383 e. The number of hydrogen-bond acceptors (Lipinski definition) is 3. The summed E-state index contributed by atoms with van der Waals surface area (Å²) in [6.07, 6.45) is 3.20. The van der Waals surface area contributed by atoms with Gasteiger partial charge in [-0.2, -0.15) is 0 Å². The zero-order chi connectivity index (χ0) is 13.6. The van der Waals surface area contributed by atoms with Gasteiger partial charge in [0.25, 0.3) is 0 Å². The van der Waals surface area contributed by atoms with Gasteiger partial charge < -0.3 is 15.4 Å². The van der Waals surface area contributed by atoms with Crippen molar-refractivity contribution >= 4 is 5.91 Å². The predicted octanol–water partition coefficient (Wildman–Crippen LogP) is 1.55. The molecule has 1 aliphatic heterocycles. The summed E-state index contributed by atoms with van der Waals surface area (Å²) >= 11 is 0. The van der Waals surface area contributed by atoms with Crippen molar-refractivity contribution < 1.29 is 9.53 Å². The second-order valence-electron chi connectivity index (χ2n) is 5.80. The Labute approximate surface area is 111 Å². The number of ether oxygens (including phenoxy) is 1. The van der Waals surface area contributed by atoms with Gasteiger partial charge in [0.2, 0.25) is 5.91 Å². The molecule has 0 radical (unpaired) electrons. The fourth-order valence-electron chi connectivity index (χ4n) is 2.49. The maximum absolute atomic E-state index is 12.4. The Kier molecular flexibility index (Phi) is 6.09. The molecule has 0 aromatic rings. The average molecular weight is 256 g/mol. The van der Waals surface area contributed by atoms with Gasteiger partial charge in [0.1, 0.15) is 0 Å². The molecule has 0 bridgehead atoms. The fourth-order valence-corrected chi connectivity index (χ4v) is 2.49. The first-order chi connectivity index (χ1) is 8.52. The molecule has 0 aromatic carbocycles. The van der Waals surface area contributed by atoms with E-state index in [4.69, 9.17) is 4.74 Å². The van der Waals surface area contributed by atoms with E-state index in [2.05, 4.69) is 31.4 Å². The van der Waals surface area contributed by atoms with Crippen LogP contribution in [0.15, 0.2) is 0 Å². The van der Waals surface area contributed by atoms with Gasteiger partial charge in [-0.1, -0.05) is 20.8 Å². The summed E-state index contributed by atoms with van der Waals surface area (Å²) < 4.78 is 5.13. The van der Waals surface area contributed by atoms with Crippen LogP contribution >= 0.6 is 0 Å². The van der Waals surface area contributed by atoms with Crippen molar-refractivity contribution in [2.24, 2.45) is 11.3 Å². The number of nitrogens with one attached hydrogen (secondary N) is 2. The molecule has 18 heavy (non-hydrogen) atoms. The third-order valence-corrected chi connectivity index (χ3v) is 4.10. The molecule has 0 aromatic heterocycles. The molecule has 0 aliphatic carbocycles. The number of amides is 1. The molecule has 2 unspecified atom stereocenters. The zero-order valence-corrected chi connectivity index (χ0v) is 12.2.